The predicted octanol–water partition coefficient (Wildman–Crippen LogP) is 0.296. The predicted molar refractivity (Wildman–Crippen MR) is 51.5 cm³/mol. The molecule has 0 aliphatic carbocycles. The fraction of sp³-hybridized carbons (Fsp3) is 0.400. The van der Waals surface area contributed by atoms with Crippen LogP contribution in [0.2, 0.25) is 0 Å². The molecule has 78 valence electrons. The van der Waals surface area contributed by atoms with Gasteiger partial charge in [-0.25, -0.2) is 0 Å². The first kappa shape index (κ1) is 10.8. The van der Waals surface area contributed by atoms with Crippen molar-refractivity contribution in [3.63, 3.8) is 0 Å². The average Bonchev–Trinajstić information content (AvgIpc) is 2.20. The van der Waals surface area contributed by atoms with E-state index in [-0.39, 0.29) is 12.4 Å². The van der Waals surface area contributed by atoms with Gasteiger partial charge in [-0.05, 0) is 17.7 Å². The van der Waals surface area contributed by atoms with Crippen LogP contribution < -0.4 is 4.74 Å². The summed E-state index contributed by atoms with van der Waals surface area (Å²) in [4.78, 5) is 0. The van der Waals surface area contributed by atoms with Gasteiger partial charge in [-0.2, -0.15) is 0 Å². The Hall–Kier alpha value is -1.26. The number of phenols is 1. The maximum absolute atomic E-state index is 9.29. The molecule has 14 heavy (non-hydrogen) atoms. The molecular formula is C10H14O4. The van der Waals surface area contributed by atoms with Crippen LogP contribution in [0.4, 0.5) is 0 Å². The van der Waals surface area contributed by atoms with Gasteiger partial charge >= 0.3 is 0 Å². The lowest BCUT2D eigenvalue weighted by atomic mass is 10.1. The summed E-state index contributed by atoms with van der Waals surface area (Å²) in [6.07, 6.45) is -0.433. The van der Waals surface area contributed by atoms with Crippen LogP contribution in [0.25, 0.3) is 0 Å². The van der Waals surface area contributed by atoms with Crippen molar-refractivity contribution >= 4 is 0 Å². The summed E-state index contributed by atoms with van der Waals surface area (Å²) in [6, 6.07) is 4.81. The Balaban J connectivity index is 2.79. The van der Waals surface area contributed by atoms with E-state index in [0.717, 1.165) is 5.56 Å². The van der Waals surface area contributed by atoms with Gasteiger partial charge in [0, 0.05) is 6.42 Å². The lowest BCUT2D eigenvalue weighted by Crippen LogP contribution is -2.14. The number of hydrogen-bond donors (Lipinski definition) is 3. The number of aromatic hydroxyl groups is 1. The molecule has 0 aliphatic rings. The zero-order valence-electron chi connectivity index (χ0n) is 7.97. The van der Waals surface area contributed by atoms with Crippen molar-refractivity contribution in [2.24, 2.45) is 0 Å². The van der Waals surface area contributed by atoms with Crippen LogP contribution >= 0.6 is 0 Å². The molecule has 0 radical (unpaired) electrons. The van der Waals surface area contributed by atoms with Crippen molar-refractivity contribution in [2.75, 3.05) is 13.7 Å². The maximum Gasteiger partial charge on any atom is 0.160 e. The monoisotopic (exact) mass is 198 g/mol. The highest BCUT2D eigenvalue weighted by Gasteiger charge is 2.07. The molecule has 0 fully saturated rings. The van der Waals surface area contributed by atoms with Crippen LogP contribution in [0.3, 0.4) is 0 Å². The summed E-state index contributed by atoms with van der Waals surface area (Å²) in [6.45, 7) is -0.275. The second-order valence-corrected chi connectivity index (χ2v) is 3.05. The molecule has 1 aromatic carbocycles. The molecule has 0 aliphatic heterocycles. The van der Waals surface area contributed by atoms with Crippen molar-refractivity contribution in [3.05, 3.63) is 23.8 Å². The second kappa shape index (κ2) is 4.83. The van der Waals surface area contributed by atoms with Crippen LogP contribution in [0.1, 0.15) is 5.56 Å². The summed E-state index contributed by atoms with van der Waals surface area (Å²) < 4.78 is 4.91. The van der Waals surface area contributed by atoms with Crippen molar-refractivity contribution in [3.8, 4) is 11.5 Å². The van der Waals surface area contributed by atoms with Crippen molar-refractivity contribution in [2.45, 2.75) is 12.5 Å². The molecule has 0 aromatic heterocycles. The van der Waals surface area contributed by atoms with E-state index in [0.29, 0.717) is 12.2 Å². The quantitative estimate of drug-likeness (QED) is 0.650. The van der Waals surface area contributed by atoms with Crippen LogP contribution in [0.15, 0.2) is 18.2 Å². The van der Waals surface area contributed by atoms with Gasteiger partial charge in [-0.1, -0.05) is 6.07 Å². The molecule has 0 heterocycles. The fourth-order valence-electron chi connectivity index (χ4n) is 1.19. The molecular weight excluding hydrogens is 184 g/mol. The Labute approximate surface area is 82.4 Å². The number of aliphatic hydroxyl groups is 2. The minimum absolute atomic E-state index is 0.0646. The minimum atomic E-state index is -0.774. The van der Waals surface area contributed by atoms with Gasteiger partial charge in [-0.3, -0.25) is 0 Å². The lowest BCUT2D eigenvalue weighted by Gasteiger charge is -2.09. The smallest absolute Gasteiger partial charge is 0.160 e. The zero-order valence-corrected chi connectivity index (χ0v) is 7.97. The molecule has 0 saturated carbocycles. The van der Waals surface area contributed by atoms with Gasteiger partial charge in [0.1, 0.15) is 0 Å². The van der Waals surface area contributed by atoms with E-state index < -0.39 is 6.10 Å². The van der Waals surface area contributed by atoms with Gasteiger partial charge < -0.3 is 20.1 Å². The summed E-state index contributed by atoms with van der Waals surface area (Å²) in [5.74, 6) is 0.433. The number of phenolic OH excluding ortho intramolecular Hbond substituents is 1. The minimum Gasteiger partial charge on any atom is -0.504 e. The molecule has 3 N–H and O–H groups in total. The molecule has 0 bridgehead atoms. The van der Waals surface area contributed by atoms with E-state index in [9.17, 15) is 10.2 Å². The van der Waals surface area contributed by atoms with Gasteiger partial charge in [-0.15, -0.1) is 0 Å². The number of benzene rings is 1. The number of ether oxygens (including phenoxy) is 1. The molecule has 1 atom stereocenters. The number of hydrogen-bond acceptors (Lipinski definition) is 4. The van der Waals surface area contributed by atoms with Gasteiger partial charge in [0.2, 0.25) is 0 Å². The molecule has 0 spiro atoms. The summed E-state index contributed by atoms with van der Waals surface area (Å²) in [7, 11) is 1.46. The topological polar surface area (TPSA) is 69.9 Å². The first-order valence-electron chi connectivity index (χ1n) is 4.32. The SMILES string of the molecule is COc1cc(C[C@@H](O)CO)ccc1O. The standard InChI is InChI=1S/C10H14O4/c1-14-10-5-7(2-3-9(10)13)4-8(12)6-11/h2-3,5,8,11-13H,4,6H2,1H3/t8-/m1/s1. The Morgan fingerprint density at radius 2 is 2.14 bits per heavy atom. The number of rotatable bonds is 4. The Morgan fingerprint density at radius 3 is 2.71 bits per heavy atom. The first-order chi connectivity index (χ1) is 6.67. The molecule has 1 rings (SSSR count). The third-order valence-electron chi connectivity index (χ3n) is 1.93. The largest absolute Gasteiger partial charge is 0.504 e. The number of aliphatic hydroxyl groups excluding tert-OH is 2. The van der Waals surface area contributed by atoms with E-state index in [1.807, 2.05) is 0 Å². The van der Waals surface area contributed by atoms with Gasteiger partial charge in [0.05, 0.1) is 19.8 Å². The molecule has 0 unspecified atom stereocenters. The van der Waals surface area contributed by atoms with Crippen LogP contribution in [0.5, 0.6) is 11.5 Å². The van der Waals surface area contributed by atoms with Crippen molar-refractivity contribution in [1.29, 1.82) is 0 Å². The fourth-order valence-corrected chi connectivity index (χ4v) is 1.19. The van der Waals surface area contributed by atoms with Crippen LogP contribution in [0, 0.1) is 0 Å². The summed E-state index contributed by atoms with van der Waals surface area (Å²) in [5.41, 5.74) is 0.807. The molecule has 4 heteroatoms. The third kappa shape index (κ3) is 2.61. The Morgan fingerprint density at radius 1 is 1.43 bits per heavy atom. The van der Waals surface area contributed by atoms with E-state index in [2.05, 4.69) is 0 Å². The lowest BCUT2D eigenvalue weighted by molar-refractivity contribution is 0.0954. The first-order valence-corrected chi connectivity index (χ1v) is 4.32. The molecule has 4 nitrogen and oxygen atoms in total. The van der Waals surface area contributed by atoms with Crippen LogP contribution in [-0.4, -0.2) is 35.1 Å². The van der Waals surface area contributed by atoms with Crippen molar-refractivity contribution in [1.82, 2.24) is 0 Å². The van der Waals surface area contributed by atoms with Gasteiger partial charge in [0.25, 0.3) is 0 Å². The highest BCUT2D eigenvalue weighted by molar-refractivity contribution is 5.41. The zero-order chi connectivity index (χ0) is 10.6. The van der Waals surface area contributed by atoms with Gasteiger partial charge in [0.15, 0.2) is 11.5 Å². The Bertz CT molecular complexity index is 298. The maximum atomic E-state index is 9.29. The number of methoxy groups -OCH3 is 1. The van der Waals surface area contributed by atoms with E-state index in [4.69, 9.17) is 9.84 Å². The normalized spacial score (nSPS) is 12.5. The van der Waals surface area contributed by atoms with E-state index >= 15 is 0 Å². The summed E-state index contributed by atoms with van der Waals surface area (Å²) in [5, 5.41) is 27.1. The van der Waals surface area contributed by atoms with Crippen LogP contribution in [-0.2, 0) is 6.42 Å². The van der Waals surface area contributed by atoms with E-state index in [1.165, 1.54) is 13.2 Å². The second-order valence-electron chi connectivity index (χ2n) is 3.05. The van der Waals surface area contributed by atoms with E-state index in [1.54, 1.807) is 12.1 Å². The third-order valence-corrected chi connectivity index (χ3v) is 1.93. The molecule has 0 saturated heterocycles. The Kier molecular flexibility index (Phi) is 3.73. The average molecular weight is 198 g/mol. The highest BCUT2D eigenvalue weighted by Crippen LogP contribution is 2.26. The van der Waals surface area contributed by atoms with Crippen molar-refractivity contribution < 1.29 is 20.1 Å². The molecule has 0 amide bonds. The summed E-state index contributed by atoms with van der Waals surface area (Å²) >= 11 is 0. The molecule has 1 aromatic rings. The highest BCUT2D eigenvalue weighted by atomic mass is 16.5.